The van der Waals surface area contributed by atoms with Crippen LogP contribution in [0.4, 0.5) is 0 Å². The molecule has 30 heavy (non-hydrogen) atoms. The molecule has 0 aliphatic heterocycles. The number of hydrogen-bond acceptors (Lipinski definition) is 0. The average Bonchev–Trinajstić information content (AvgIpc) is 2.82. The van der Waals surface area contributed by atoms with Crippen molar-refractivity contribution < 1.29 is 0 Å². The molecule has 1 heteroatoms. The van der Waals surface area contributed by atoms with Gasteiger partial charge >= 0.3 is 0 Å². The molecule has 0 amide bonds. The number of halogens is 1. The summed E-state index contributed by atoms with van der Waals surface area (Å²) in [5, 5.41) is 0. The summed E-state index contributed by atoms with van der Waals surface area (Å²) >= 11 is 4.02. The fraction of sp³-hybridized carbons (Fsp3) is 0.448. The van der Waals surface area contributed by atoms with Crippen LogP contribution >= 0.6 is 15.9 Å². The van der Waals surface area contributed by atoms with Crippen LogP contribution in [-0.4, -0.2) is 0 Å². The predicted octanol–water partition coefficient (Wildman–Crippen LogP) is 8.73. The Morgan fingerprint density at radius 3 is 1.87 bits per heavy atom. The molecular weight excluding hydrogens is 428 g/mol. The zero-order valence-electron chi connectivity index (χ0n) is 18.3. The maximum atomic E-state index is 4.02. The Morgan fingerprint density at radius 2 is 1.30 bits per heavy atom. The van der Waals surface area contributed by atoms with Gasteiger partial charge in [0.15, 0.2) is 0 Å². The lowest BCUT2D eigenvalue weighted by molar-refractivity contribution is 0.216. The molecule has 1 saturated carbocycles. The lowest BCUT2D eigenvalue weighted by atomic mass is 9.61. The van der Waals surface area contributed by atoms with Gasteiger partial charge < -0.3 is 0 Å². The van der Waals surface area contributed by atoms with Gasteiger partial charge in [0, 0.05) is 5.41 Å². The molecule has 158 valence electrons. The molecule has 0 radical (unpaired) electrons. The Bertz CT molecular complexity index is 826. The quantitative estimate of drug-likeness (QED) is 0.219. The minimum absolute atomic E-state index is 0.0156. The summed E-state index contributed by atoms with van der Waals surface area (Å²) in [6.07, 6.45) is 20.8. The van der Waals surface area contributed by atoms with Crippen LogP contribution in [0, 0.1) is 11.8 Å². The van der Waals surface area contributed by atoms with Crippen LogP contribution in [0.25, 0.3) is 0 Å². The molecule has 2 aliphatic carbocycles. The highest BCUT2D eigenvalue weighted by Crippen LogP contribution is 2.50. The third-order valence-corrected chi connectivity index (χ3v) is 8.42. The Labute approximate surface area is 191 Å². The molecule has 0 heterocycles. The van der Waals surface area contributed by atoms with Gasteiger partial charge in [0.1, 0.15) is 0 Å². The van der Waals surface area contributed by atoms with E-state index in [9.17, 15) is 0 Å². The van der Waals surface area contributed by atoms with Crippen molar-refractivity contribution in [3.8, 4) is 0 Å². The standard InChI is InChI=1S/C29H35Br/c1-2-3-6-11-24-16-18-26(19-17-24)28(25-12-7-4-8-13-25)20-22-29(30,23-21-28)27-14-9-5-10-15-27/h4-5,7-10,12-15,20-24,26H,2-3,6,11,16-19H2,1H3. The van der Waals surface area contributed by atoms with Gasteiger partial charge in [0.25, 0.3) is 0 Å². The molecule has 0 N–H and O–H groups in total. The molecule has 0 spiro atoms. The van der Waals surface area contributed by atoms with Crippen molar-refractivity contribution in [2.24, 2.45) is 11.8 Å². The van der Waals surface area contributed by atoms with Gasteiger partial charge in [0.2, 0.25) is 0 Å². The van der Waals surface area contributed by atoms with Gasteiger partial charge in [0.05, 0.1) is 4.32 Å². The number of allylic oxidation sites excluding steroid dienone is 4. The number of rotatable bonds is 7. The molecule has 1 fully saturated rings. The van der Waals surface area contributed by atoms with E-state index in [4.69, 9.17) is 0 Å². The van der Waals surface area contributed by atoms with Crippen molar-refractivity contribution in [3.05, 3.63) is 96.1 Å². The summed E-state index contributed by atoms with van der Waals surface area (Å²) in [5.74, 6) is 1.62. The zero-order chi connectivity index (χ0) is 20.9. The second-order valence-corrected chi connectivity index (χ2v) is 10.6. The van der Waals surface area contributed by atoms with E-state index in [1.54, 1.807) is 0 Å². The van der Waals surface area contributed by atoms with E-state index in [0.717, 1.165) is 5.92 Å². The zero-order valence-corrected chi connectivity index (χ0v) is 19.9. The molecular formula is C29H35Br. The molecule has 0 nitrogen and oxygen atoms in total. The predicted molar refractivity (Wildman–Crippen MR) is 133 cm³/mol. The number of unbranched alkanes of at least 4 members (excludes halogenated alkanes) is 2. The molecule has 0 bridgehead atoms. The first kappa shape index (κ1) is 21.6. The molecule has 2 aromatic rings. The van der Waals surface area contributed by atoms with E-state index in [2.05, 4.69) is 108 Å². The lowest BCUT2D eigenvalue weighted by Gasteiger charge is -2.44. The monoisotopic (exact) mass is 462 g/mol. The van der Waals surface area contributed by atoms with E-state index < -0.39 is 0 Å². The van der Waals surface area contributed by atoms with Crippen molar-refractivity contribution in [2.75, 3.05) is 0 Å². The number of hydrogen-bond donors (Lipinski definition) is 0. The van der Waals surface area contributed by atoms with E-state index in [-0.39, 0.29) is 9.74 Å². The highest BCUT2D eigenvalue weighted by molar-refractivity contribution is 9.09. The van der Waals surface area contributed by atoms with E-state index in [1.807, 2.05) is 0 Å². The van der Waals surface area contributed by atoms with Crippen molar-refractivity contribution in [3.63, 3.8) is 0 Å². The van der Waals surface area contributed by atoms with Crippen molar-refractivity contribution in [1.29, 1.82) is 0 Å². The Hall–Kier alpha value is -1.60. The van der Waals surface area contributed by atoms with Gasteiger partial charge in [-0.3, -0.25) is 0 Å². The van der Waals surface area contributed by atoms with Crippen molar-refractivity contribution in [2.45, 2.75) is 68.0 Å². The van der Waals surface area contributed by atoms with Crippen LogP contribution in [0.1, 0.15) is 69.4 Å². The normalized spacial score (nSPS) is 31.0. The Morgan fingerprint density at radius 1 is 0.733 bits per heavy atom. The minimum atomic E-state index is -0.204. The summed E-state index contributed by atoms with van der Waals surface area (Å²) in [6.45, 7) is 2.31. The molecule has 2 aliphatic rings. The lowest BCUT2D eigenvalue weighted by Crippen LogP contribution is -2.37. The minimum Gasteiger partial charge on any atom is -0.0719 e. The van der Waals surface area contributed by atoms with E-state index >= 15 is 0 Å². The van der Waals surface area contributed by atoms with E-state index in [1.165, 1.54) is 62.5 Å². The van der Waals surface area contributed by atoms with Gasteiger partial charge in [-0.05, 0) is 35.8 Å². The molecule has 4 rings (SSSR count). The summed E-state index contributed by atoms with van der Waals surface area (Å²) < 4.78 is -0.204. The first-order chi connectivity index (χ1) is 14.7. The van der Waals surface area contributed by atoms with Crippen LogP contribution < -0.4 is 0 Å². The third-order valence-electron chi connectivity index (χ3n) is 7.43. The maximum Gasteiger partial charge on any atom is 0.0867 e. The maximum absolute atomic E-state index is 4.02. The van der Waals surface area contributed by atoms with Crippen LogP contribution in [-0.2, 0) is 9.74 Å². The van der Waals surface area contributed by atoms with Crippen molar-refractivity contribution >= 4 is 15.9 Å². The second kappa shape index (κ2) is 9.69. The highest BCUT2D eigenvalue weighted by Gasteiger charge is 2.41. The van der Waals surface area contributed by atoms with Gasteiger partial charge in [-0.2, -0.15) is 0 Å². The molecule has 0 atom stereocenters. The van der Waals surface area contributed by atoms with Crippen LogP contribution in [0.2, 0.25) is 0 Å². The average molecular weight is 464 g/mol. The smallest absolute Gasteiger partial charge is 0.0719 e. The highest BCUT2D eigenvalue weighted by atomic mass is 79.9. The Kier molecular flexibility index (Phi) is 6.98. The Balaban J connectivity index is 1.57. The molecule has 0 aromatic heterocycles. The topological polar surface area (TPSA) is 0 Å². The van der Waals surface area contributed by atoms with Gasteiger partial charge in [-0.15, -0.1) is 0 Å². The molecule has 0 saturated heterocycles. The first-order valence-corrected chi connectivity index (χ1v) is 12.7. The van der Waals surface area contributed by atoms with E-state index in [0.29, 0.717) is 5.92 Å². The number of benzene rings is 2. The first-order valence-electron chi connectivity index (χ1n) is 11.9. The summed E-state index contributed by atoms with van der Waals surface area (Å²) in [6, 6.07) is 21.9. The summed E-state index contributed by atoms with van der Waals surface area (Å²) in [7, 11) is 0. The molecule has 2 aromatic carbocycles. The SMILES string of the molecule is CCCCCC1CCC(C2(c3ccccc3)C=CC(Br)(c3ccccc3)C=C2)CC1. The summed E-state index contributed by atoms with van der Waals surface area (Å²) in [4.78, 5) is 0. The number of alkyl halides is 1. The van der Waals surface area contributed by atoms with Crippen LogP contribution in [0.3, 0.4) is 0 Å². The second-order valence-electron chi connectivity index (χ2n) is 9.31. The van der Waals surface area contributed by atoms with Crippen LogP contribution in [0.15, 0.2) is 85.0 Å². The fourth-order valence-corrected chi connectivity index (χ4v) is 6.08. The third kappa shape index (κ3) is 4.52. The molecule has 0 unspecified atom stereocenters. The van der Waals surface area contributed by atoms with Crippen molar-refractivity contribution in [1.82, 2.24) is 0 Å². The van der Waals surface area contributed by atoms with Crippen LogP contribution in [0.5, 0.6) is 0 Å². The van der Waals surface area contributed by atoms with Gasteiger partial charge in [-0.25, -0.2) is 0 Å². The largest absolute Gasteiger partial charge is 0.0867 e. The fourth-order valence-electron chi connectivity index (χ4n) is 5.55. The van der Waals surface area contributed by atoms with Gasteiger partial charge in [-0.1, -0.05) is 146 Å². The summed E-state index contributed by atoms with van der Waals surface area (Å²) in [5.41, 5.74) is 2.75.